The van der Waals surface area contributed by atoms with E-state index in [1.54, 1.807) is 18.3 Å². The van der Waals surface area contributed by atoms with Crippen LogP contribution in [0.15, 0.2) is 18.3 Å². The number of rotatable bonds is 2. The van der Waals surface area contributed by atoms with Crippen LogP contribution in [0.25, 0.3) is 0 Å². The molecule has 5 nitrogen and oxygen atoms in total. The second kappa shape index (κ2) is 4.33. The van der Waals surface area contributed by atoms with Gasteiger partial charge in [-0.2, -0.15) is 0 Å². The Kier molecular flexibility index (Phi) is 3.02. The molecule has 1 aromatic heterocycles. The lowest BCUT2D eigenvalue weighted by molar-refractivity contribution is -0.110. The first-order valence-corrected chi connectivity index (χ1v) is 5.73. The molecule has 2 heterocycles. The number of nitrogens with zero attached hydrogens (tertiary/aromatic N) is 2. The molecule has 0 radical (unpaired) electrons. The number of pyridine rings is 1. The molecule has 1 aromatic rings. The number of aldehydes is 1. The summed E-state index contributed by atoms with van der Waals surface area (Å²) in [7, 11) is 0. The Balaban J connectivity index is 2.33. The summed E-state index contributed by atoms with van der Waals surface area (Å²) in [5, 5.41) is 3.34. The Hall–Kier alpha value is -1.62. The van der Waals surface area contributed by atoms with Crippen molar-refractivity contribution in [2.24, 2.45) is 0 Å². The van der Waals surface area contributed by atoms with Crippen LogP contribution in [0.2, 0.25) is 0 Å². The lowest BCUT2D eigenvalue weighted by Crippen LogP contribution is -2.65. The monoisotopic (exact) mass is 234 g/mol. The minimum atomic E-state index is -0.258. The van der Waals surface area contributed by atoms with Crippen molar-refractivity contribution in [3.8, 4) is 0 Å². The third kappa shape index (κ3) is 2.24. The van der Waals surface area contributed by atoms with E-state index in [-0.39, 0.29) is 11.6 Å². The summed E-state index contributed by atoms with van der Waals surface area (Å²) in [6.07, 6.45) is 2.64. The van der Waals surface area contributed by atoms with Crippen molar-refractivity contribution in [2.45, 2.75) is 25.4 Å². The summed E-state index contributed by atoms with van der Waals surface area (Å²) in [4.78, 5) is 17.6. The van der Waals surface area contributed by atoms with Crippen molar-refractivity contribution >= 4 is 17.8 Å². The lowest BCUT2D eigenvalue weighted by Gasteiger charge is -2.45. The van der Waals surface area contributed by atoms with Gasteiger partial charge in [-0.15, -0.1) is 0 Å². The van der Waals surface area contributed by atoms with E-state index in [0.29, 0.717) is 5.69 Å². The standard InChI is InChI=1S/C12H18N4O/c1-12(2)10(8-17)16(6-5-15-12)11-7-9(13)3-4-14-11/h3-4,7-8,10,15H,5-6H2,1-2H3,(H2,13,14). The molecule has 5 heteroatoms. The largest absolute Gasteiger partial charge is 0.399 e. The number of carbonyl (C=O) groups is 1. The van der Waals surface area contributed by atoms with Crippen LogP contribution in [0, 0.1) is 0 Å². The minimum Gasteiger partial charge on any atom is -0.399 e. The molecule has 0 aliphatic carbocycles. The van der Waals surface area contributed by atoms with Crippen molar-refractivity contribution < 1.29 is 4.79 Å². The molecule has 0 saturated carbocycles. The van der Waals surface area contributed by atoms with Crippen molar-refractivity contribution in [2.75, 3.05) is 23.7 Å². The Morgan fingerprint density at radius 3 is 3.06 bits per heavy atom. The Morgan fingerprint density at radius 1 is 1.65 bits per heavy atom. The molecule has 0 amide bonds. The second-order valence-corrected chi connectivity index (χ2v) is 4.87. The molecule has 3 N–H and O–H groups in total. The maximum Gasteiger partial charge on any atom is 0.144 e. The van der Waals surface area contributed by atoms with Gasteiger partial charge in [-0.1, -0.05) is 0 Å². The van der Waals surface area contributed by atoms with Gasteiger partial charge in [0.25, 0.3) is 0 Å². The number of piperazine rings is 1. The van der Waals surface area contributed by atoms with Crippen molar-refractivity contribution in [1.29, 1.82) is 0 Å². The molecule has 0 aromatic carbocycles. The normalized spacial score (nSPS) is 23.4. The van der Waals surface area contributed by atoms with Gasteiger partial charge in [-0.05, 0) is 19.9 Å². The highest BCUT2D eigenvalue weighted by molar-refractivity contribution is 5.68. The van der Waals surface area contributed by atoms with Gasteiger partial charge in [0.05, 0.1) is 0 Å². The molecule has 0 spiro atoms. The van der Waals surface area contributed by atoms with Crippen LogP contribution in [-0.4, -0.2) is 35.9 Å². The molecule has 17 heavy (non-hydrogen) atoms. The van der Waals surface area contributed by atoms with E-state index in [4.69, 9.17) is 5.73 Å². The zero-order valence-electron chi connectivity index (χ0n) is 10.2. The lowest BCUT2D eigenvalue weighted by atomic mass is 9.91. The molecule has 92 valence electrons. The number of aromatic nitrogens is 1. The summed E-state index contributed by atoms with van der Waals surface area (Å²) in [6, 6.07) is 3.32. The van der Waals surface area contributed by atoms with Gasteiger partial charge in [0, 0.05) is 36.6 Å². The van der Waals surface area contributed by atoms with Crippen LogP contribution in [-0.2, 0) is 4.79 Å². The smallest absolute Gasteiger partial charge is 0.144 e. The highest BCUT2D eigenvalue weighted by Gasteiger charge is 2.37. The van der Waals surface area contributed by atoms with E-state index in [9.17, 15) is 4.79 Å². The number of nitrogens with one attached hydrogen (secondary N) is 1. The molecule has 1 unspecified atom stereocenters. The fourth-order valence-corrected chi connectivity index (χ4v) is 2.22. The Morgan fingerprint density at radius 2 is 2.41 bits per heavy atom. The predicted molar refractivity (Wildman–Crippen MR) is 67.9 cm³/mol. The minimum absolute atomic E-state index is 0.231. The van der Waals surface area contributed by atoms with E-state index < -0.39 is 0 Å². The SMILES string of the molecule is CC1(C)NCCN(c2cc(N)ccn2)C1C=O. The fraction of sp³-hybridized carbons (Fsp3) is 0.500. The number of carbonyl (C=O) groups excluding carboxylic acids is 1. The molecule has 2 rings (SSSR count). The van der Waals surface area contributed by atoms with E-state index in [2.05, 4.69) is 10.3 Å². The first-order valence-electron chi connectivity index (χ1n) is 5.73. The van der Waals surface area contributed by atoms with Crippen molar-refractivity contribution in [3.05, 3.63) is 18.3 Å². The van der Waals surface area contributed by atoms with Gasteiger partial charge >= 0.3 is 0 Å². The van der Waals surface area contributed by atoms with E-state index in [1.165, 1.54) is 0 Å². The number of nitrogens with two attached hydrogens (primary N) is 1. The molecule has 0 bridgehead atoms. The van der Waals surface area contributed by atoms with E-state index in [1.807, 2.05) is 18.7 Å². The van der Waals surface area contributed by atoms with Crippen molar-refractivity contribution in [1.82, 2.24) is 10.3 Å². The third-order valence-electron chi connectivity index (χ3n) is 3.20. The van der Waals surface area contributed by atoms with Crippen LogP contribution in [0.3, 0.4) is 0 Å². The van der Waals surface area contributed by atoms with Gasteiger partial charge in [0.1, 0.15) is 18.1 Å². The summed E-state index contributed by atoms with van der Waals surface area (Å²) in [6.45, 7) is 5.62. The summed E-state index contributed by atoms with van der Waals surface area (Å²) >= 11 is 0. The van der Waals surface area contributed by atoms with Crippen LogP contribution < -0.4 is 16.0 Å². The van der Waals surface area contributed by atoms with Crippen molar-refractivity contribution in [3.63, 3.8) is 0 Å². The van der Waals surface area contributed by atoms with Gasteiger partial charge < -0.3 is 20.7 Å². The number of hydrogen-bond acceptors (Lipinski definition) is 5. The number of anilines is 2. The maximum absolute atomic E-state index is 11.3. The molecule has 1 aliphatic rings. The summed E-state index contributed by atoms with van der Waals surface area (Å²) in [5.74, 6) is 0.761. The first kappa shape index (κ1) is 11.9. The Bertz CT molecular complexity index is 419. The van der Waals surface area contributed by atoms with E-state index in [0.717, 1.165) is 25.2 Å². The Labute approximate surface area is 101 Å². The van der Waals surface area contributed by atoms with Gasteiger partial charge in [-0.25, -0.2) is 4.98 Å². The summed E-state index contributed by atoms with van der Waals surface area (Å²) < 4.78 is 0. The third-order valence-corrected chi connectivity index (χ3v) is 3.20. The van der Waals surface area contributed by atoms with Crippen LogP contribution in [0.4, 0.5) is 11.5 Å². The summed E-state index contributed by atoms with van der Waals surface area (Å²) in [5.41, 5.74) is 6.15. The molecular formula is C12H18N4O. The predicted octanol–water partition coefficient (Wildman–Crippen LogP) is 0.419. The number of hydrogen-bond donors (Lipinski definition) is 2. The van der Waals surface area contributed by atoms with E-state index >= 15 is 0 Å². The molecule has 1 aliphatic heterocycles. The van der Waals surface area contributed by atoms with Crippen LogP contribution >= 0.6 is 0 Å². The molecule has 1 atom stereocenters. The quantitative estimate of drug-likeness (QED) is 0.726. The zero-order valence-corrected chi connectivity index (χ0v) is 10.2. The topological polar surface area (TPSA) is 71.2 Å². The zero-order chi connectivity index (χ0) is 12.5. The average molecular weight is 234 g/mol. The maximum atomic E-state index is 11.3. The molecule has 1 fully saturated rings. The number of nitrogen functional groups attached to an aromatic ring is 1. The van der Waals surface area contributed by atoms with Crippen LogP contribution in [0.5, 0.6) is 0 Å². The van der Waals surface area contributed by atoms with Gasteiger partial charge in [-0.3, -0.25) is 0 Å². The molecule has 1 saturated heterocycles. The van der Waals surface area contributed by atoms with Gasteiger partial charge in [0.15, 0.2) is 0 Å². The highest BCUT2D eigenvalue weighted by Crippen LogP contribution is 2.24. The van der Waals surface area contributed by atoms with Gasteiger partial charge in [0.2, 0.25) is 0 Å². The average Bonchev–Trinajstić information content (AvgIpc) is 2.27. The molecular weight excluding hydrogens is 216 g/mol. The van der Waals surface area contributed by atoms with Crippen LogP contribution in [0.1, 0.15) is 13.8 Å². The fourth-order valence-electron chi connectivity index (χ4n) is 2.22. The first-order chi connectivity index (χ1) is 8.04. The second-order valence-electron chi connectivity index (χ2n) is 4.87. The highest BCUT2D eigenvalue weighted by atomic mass is 16.1.